The number of pyridine rings is 1. The number of ether oxygens (including phenoxy) is 1. The summed E-state index contributed by atoms with van der Waals surface area (Å²) in [5.74, 6) is 6.05. The number of halogens is 1. The third-order valence-corrected chi connectivity index (χ3v) is 2.72. The number of amides is 1. The van der Waals surface area contributed by atoms with Gasteiger partial charge in [-0.2, -0.15) is 0 Å². The maximum Gasteiger partial charge on any atom is 0.262 e. The van der Waals surface area contributed by atoms with E-state index in [1.807, 2.05) is 20.8 Å². The van der Waals surface area contributed by atoms with Gasteiger partial charge in [-0.1, -0.05) is 24.4 Å². The molecule has 0 fully saturated rings. The largest absolute Gasteiger partial charge is 0.480 e. The predicted octanol–water partition coefficient (Wildman–Crippen LogP) is 2.81. The van der Waals surface area contributed by atoms with Gasteiger partial charge in [0.05, 0.1) is 5.54 Å². The zero-order valence-corrected chi connectivity index (χ0v) is 12.9. The van der Waals surface area contributed by atoms with Crippen LogP contribution in [0.3, 0.4) is 0 Å². The second kappa shape index (κ2) is 7.16. The van der Waals surface area contributed by atoms with Gasteiger partial charge in [0.25, 0.3) is 5.91 Å². The molecule has 1 rings (SSSR count). The standard InChI is InChI=1S/C15H19ClN2O2/c1-5-8-15(3,4)18-14(19)12(6-2)20-11-7-9-17-13(16)10-11/h7,9-10,12H,6H2,1-4H3,(H,18,19). The first-order valence-electron chi connectivity index (χ1n) is 6.42. The van der Waals surface area contributed by atoms with Gasteiger partial charge in [-0.25, -0.2) is 4.98 Å². The van der Waals surface area contributed by atoms with Crippen molar-refractivity contribution >= 4 is 17.5 Å². The summed E-state index contributed by atoms with van der Waals surface area (Å²) in [6.45, 7) is 7.31. The van der Waals surface area contributed by atoms with E-state index in [9.17, 15) is 4.79 Å². The molecule has 0 aliphatic carbocycles. The summed E-state index contributed by atoms with van der Waals surface area (Å²) in [6.07, 6.45) is 1.49. The molecule has 0 bridgehead atoms. The van der Waals surface area contributed by atoms with E-state index in [0.717, 1.165) is 0 Å². The Morgan fingerprint density at radius 3 is 2.85 bits per heavy atom. The van der Waals surface area contributed by atoms with Crippen molar-refractivity contribution in [3.05, 3.63) is 23.5 Å². The van der Waals surface area contributed by atoms with Crippen LogP contribution in [-0.4, -0.2) is 22.5 Å². The third kappa shape index (κ3) is 5.10. The minimum atomic E-state index is -0.591. The van der Waals surface area contributed by atoms with Crippen molar-refractivity contribution in [2.75, 3.05) is 0 Å². The monoisotopic (exact) mass is 294 g/mol. The number of hydrogen-bond acceptors (Lipinski definition) is 3. The number of aromatic nitrogens is 1. The van der Waals surface area contributed by atoms with Crippen LogP contribution in [0.2, 0.25) is 5.15 Å². The van der Waals surface area contributed by atoms with Gasteiger partial charge in [-0.3, -0.25) is 4.79 Å². The molecule has 0 aliphatic heterocycles. The number of nitrogens with one attached hydrogen (secondary N) is 1. The van der Waals surface area contributed by atoms with Crippen molar-refractivity contribution in [3.63, 3.8) is 0 Å². The lowest BCUT2D eigenvalue weighted by Crippen LogP contribution is -2.48. The van der Waals surface area contributed by atoms with Crippen molar-refractivity contribution < 1.29 is 9.53 Å². The molecule has 1 amide bonds. The maximum absolute atomic E-state index is 12.2. The summed E-state index contributed by atoms with van der Waals surface area (Å²) in [4.78, 5) is 16.1. The minimum Gasteiger partial charge on any atom is -0.480 e. The fourth-order valence-corrected chi connectivity index (χ4v) is 1.84. The zero-order valence-electron chi connectivity index (χ0n) is 12.2. The van der Waals surface area contributed by atoms with E-state index in [-0.39, 0.29) is 5.91 Å². The van der Waals surface area contributed by atoms with Crippen molar-refractivity contribution in [3.8, 4) is 17.6 Å². The molecule has 1 unspecified atom stereocenters. The molecule has 0 radical (unpaired) electrons. The highest BCUT2D eigenvalue weighted by Gasteiger charge is 2.24. The Hall–Kier alpha value is -1.73. The highest BCUT2D eigenvalue weighted by molar-refractivity contribution is 6.29. The van der Waals surface area contributed by atoms with Crippen LogP contribution in [0.5, 0.6) is 5.75 Å². The smallest absolute Gasteiger partial charge is 0.262 e. The van der Waals surface area contributed by atoms with Crippen molar-refractivity contribution in [1.29, 1.82) is 0 Å². The maximum atomic E-state index is 12.2. The number of carbonyl (C=O) groups excluding carboxylic acids is 1. The van der Waals surface area contributed by atoms with E-state index < -0.39 is 11.6 Å². The number of carbonyl (C=O) groups is 1. The fourth-order valence-electron chi connectivity index (χ4n) is 1.68. The van der Waals surface area contributed by atoms with Gasteiger partial charge in [0.15, 0.2) is 6.10 Å². The molecule has 0 saturated carbocycles. The molecule has 1 atom stereocenters. The highest BCUT2D eigenvalue weighted by Crippen LogP contribution is 2.17. The van der Waals surface area contributed by atoms with Crippen LogP contribution in [0.4, 0.5) is 0 Å². The first kappa shape index (κ1) is 16.3. The molecule has 0 saturated heterocycles. The van der Waals surface area contributed by atoms with E-state index in [2.05, 4.69) is 22.1 Å². The second-order valence-corrected chi connectivity index (χ2v) is 5.21. The van der Waals surface area contributed by atoms with Crippen LogP contribution >= 0.6 is 11.6 Å². The lowest BCUT2D eigenvalue weighted by Gasteiger charge is -2.24. The van der Waals surface area contributed by atoms with E-state index in [4.69, 9.17) is 16.3 Å². The van der Waals surface area contributed by atoms with Gasteiger partial charge in [0.2, 0.25) is 0 Å². The summed E-state index contributed by atoms with van der Waals surface area (Å²) in [6, 6.07) is 3.24. The van der Waals surface area contributed by atoms with Gasteiger partial charge in [0, 0.05) is 12.3 Å². The van der Waals surface area contributed by atoms with Gasteiger partial charge >= 0.3 is 0 Å². The topological polar surface area (TPSA) is 51.2 Å². The molecule has 108 valence electrons. The summed E-state index contributed by atoms with van der Waals surface area (Å²) >= 11 is 5.79. The third-order valence-electron chi connectivity index (χ3n) is 2.51. The Labute approximate surface area is 124 Å². The van der Waals surface area contributed by atoms with Gasteiger partial charge < -0.3 is 10.1 Å². The predicted molar refractivity (Wildman–Crippen MR) is 79.6 cm³/mol. The molecule has 1 aromatic heterocycles. The lowest BCUT2D eigenvalue weighted by molar-refractivity contribution is -0.129. The van der Waals surface area contributed by atoms with Crippen LogP contribution in [0, 0.1) is 11.8 Å². The molecule has 0 spiro atoms. The molecule has 1 N–H and O–H groups in total. The normalized spacial score (nSPS) is 12.1. The second-order valence-electron chi connectivity index (χ2n) is 4.82. The Morgan fingerprint density at radius 2 is 2.30 bits per heavy atom. The van der Waals surface area contributed by atoms with Crippen molar-refractivity contribution in [2.45, 2.75) is 45.8 Å². The summed E-state index contributed by atoms with van der Waals surface area (Å²) in [7, 11) is 0. The van der Waals surface area contributed by atoms with Crippen LogP contribution in [0.25, 0.3) is 0 Å². The Bertz CT molecular complexity index is 532. The Balaban J connectivity index is 2.75. The molecule has 5 heteroatoms. The molecular formula is C15H19ClN2O2. The summed E-state index contributed by atoms with van der Waals surface area (Å²) in [5, 5.41) is 3.19. The molecule has 20 heavy (non-hydrogen) atoms. The van der Waals surface area contributed by atoms with E-state index in [1.54, 1.807) is 19.1 Å². The molecule has 0 aromatic carbocycles. The average molecular weight is 295 g/mol. The minimum absolute atomic E-state index is 0.201. The molecule has 4 nitrogen and oxygen atoms in total. The van der Waals surface area contributed by atoms with Crippen LogP contribution in [0.1, 0.15) is 34.1 Å². The molecular weight excluding hydrogens is 276 g/mol. The fraction of sp³-hybridized carbons (Fsp3) is 0.467. The Kier molecular flexibility index (Phi) is 5.84. The number of rotatable bonds is 5. The first-order chi connectivity index (χ1) is 9.38. The van der Waals surface area contributed by atoms with Gasteiger partial charge in [-0.15, -0.1) is 5.92 Å². The van der Waals surface area contributed by atoms with Crippen LogP contribution in [-0.2, 0) is 4.79 Å². The highest BCUT2D eigenvalue weighted by atomic mass is 35.5. The summed E-state index contributed by atoms with van der Waals surface area (Å²) < 4.78 is 5.65. The SMILES string of the molecule is CC#CC(C)(C)NC(=O)C(CC)Oc1ccnc(Cl)c1. The Morgan fingerprint density at radius 1 is 1.60 bits per heavy atom. The van der Waals surface area contributed by atoms with Crippen LogP contribution < -0.4 is 10.1 Å². The number of hydrogen-bond donors (Lipinski definition) is 1. The molecule has 1 aromatic rings. The molecule has 1 heterocycles. The van der Waals surface area contributed by atoms with Crippen molar-refractivity contribution in [1.82, 2.24) is 10.3 Å². The van der Waals surface area contributed by atoms with E-state index >= 15 is 0 Å². The first-order valence-corrected chi connectivity index (χ1v) is 6.80. The lowest BCUT2D eigenvalue weighted by atomic mass is 10.1. The average Bonchev–Trinajstić information content (AvgIpc) is 2.35. The van der Waals surface area contributed by atoms with E-state index in [1.165, 1.54) is 6.20 Å². The molecule has 0 aliphatic rings. The van der Waals surface area contributed by atoms with Crippen molar-refractivity contribution in [2.24, 2.45) is 0 Å². The van der Waals surface area contributed by atoms with Gasteiger partial charge in [0.1, 0.15) is 10.9 Å². The quantitative estimate of drug-likeness (QED) is 0.671. The van der Waals surface area contributed by atoms with Crippen LogP contribution in [0.15, 0.2) is 18.3 Å². The zero-order chi connectivity index (χ0) is 15.2. The van der Waals surface area contributed by atoms with E-state index in [0.29, 0.717) is 17.3 Å². The summed E-state index contributed by atoms with van der Waals surface area (Å²) in [5.41, 5.74) is -0.585. The number of nitrogens with zero attached hydrogens (tertiary/aromatic N) is 1. The van der Waals surface area contributed by atoms with Gasteiger partial charge in [-0.05, 0) is 33.3 Å².